The summed E-state index contributed by atoms with van der Waals surface area (Å²) in [5.41, 5.74) is 0.754. The number of nitrogens with one attached hydrogen (secondary N) is 1. The molecule has 142 valence electrons. The smallest absolute Gasteiger partial charge is 0.338 e. The van der Waals surface area contributed by atoms with Gasteiger partial charge in [-0.1, -0.05) is 48.5 Å². The molecule has 0 bridgehead atoms. The standard InChI is InChI=1S/C21H18N2O5/c1-14(18-11-5-7-15-6-2-3-10-19(15)18)22-20(24)13-28-21(25)16-8-4-9-17(12-16)23(26)27/h2-12,14H,13H2,1H3,(H,22,24). The number of fused-ring (bicyclic) bond motifs is 1. The largest absolute Gasteiger partial charge is 0.452 e. The highest BCUT2D eigenvalue weighted by Crippen LogP contribution is 2.24. The number of nitrogens with zero attached hydrogens (tertiary/aromatic N) is 1. The van der Waals surface area contributed by atoms with Crippen LogP contribution in [-0.4, -0.2) is 23.4 Å². The summed E-state index contributed by atoms with van der Waals surface area (Å²) in [6.07, 6.45) is 0. The van der Waals surface area contributed by atoms with E-state index < -0.39 is 23.4 Å². The van der Waals surface area contributed by atoms with E-state index in [1.54, 1.807) is 0 Å². The summed E-state index contributed by atoms with van der Waals surface area (Å²) in [4.78, 5) is 34.4. The lowest BCUT2D eigenvalue weighted by Gasteiger charge is -2.16. The van der Waals surface area contributed by atoms with Gasteiger partial charge in [-0.25, -0.2) is 4.79 Å². The van der Waals surface area contributed by atoms with E-state index in [0.717, 1.165) is 22.4 Å². The maximum Gasteiger partial charge on any atom is 0.338 e. The highest BCUT2D eigenvalue weighted by molar-refractivity contribution is 5.92. The molecule has 0 radical (unpaired) electrons. The van der Waals surface area contributed by atoms with Crippen LogP contribution in [0.15, 0.2) is 66.7 Å². The Morgan fingerprint density at radius 1 is 1.07 bits per heavy atom. The van der Waals surface area contributed by atoms with E-state index in [0.29, 0.717) is 0 Å². The Morgan fingerprint density at radius 3 is 2.57 bits per heavy atom. The summed E-state index contributed by atoms with van der Waals surface area (Å²) in [6.45, 7) is 1.37. The van der Waals surface area contributed by atoms with Gasteiger partial charge in [0.05, 0.1) is 16.5 Å². The molecule has 0 saturated heterocycles. The van der Waals surface area contributed by atoms with E-state index in [-0.39, 0.29) is 17.3 Å². The number of hydrogen-bond acceptors (Lipinski definition) is 5. The third kappa shape index (κ3) is 4.32. The summed E-state index contributed by atoms with van der Waals surface area (Å²) < 4.78 is 4.98. The van der Waals surface area contributed by atoms with E-state index in [4.69, 9.17) is 4.74 Å². The van der Waals surface area contributed by atoms with Crippen molar-refractivity contribution >= 4 is 28.3 Å². The maximum absolute atomic E-state index is 12.2. The molecule has 3 aromatic carbocycles. The quantitative estimate of drug-likeness (QED) is 0.400. The van der Waals surface area contributed by atoms with Gasteiger partial charge in [0.15, 0.2) is 6.61 Å². The zero-order chi connectivity index (χ0) is 20.1. The van der Waals surface area contributed by atoms with Crippen LogP contribution < -0.4 is 5.32 Å². The maximum atomic E-state index is 12.2. The molecule has 0 aromatic heterocycles. The molecule has 0 aliphatic rings. The molecule has 1 atom stereocenters. The average molecular weight is 378 g/mol. The molecule has 0 aliphatic carbocycles. The number of rotatable bonds is 6. The minimum atomic E-state index is -0.795. The van der Waals surface area contributed by atoms with E-state index in [1.807, 2.05) is 49.4 Å². The summed E-state index contributed by atoms with van der Waals surface area (Å²) in [6, 6.07) is 18.6. The molecule has 1 unspecified atom stereocenters. The fourth-order valence-corrected chi connectivity index (χ4v) is 2.95. The van der Waals surface area contributed by atoms with Crippen molar-refractivity contribution < 1.29 is 19.2 Å². The molecule has 3 aromatic rings. The van der Waals surface area contributed by atoms with Crippen LogP contribution in [0.25, 0.3) is 10.8 Å². The zero-order valence-electron chi connectivity index (χ0n) is 15.1. The molecule has 3 rings (SSSR count). The summed E-state index contributed by atoms with van der Waals surface area (Å²) in [7, 11) is 0. The molecule has 1 amide bonds. The fourth-order valence-electron chi connectivity index (χ4n) is 2.95. The summed E-state index contributed by atoms with van der Waals surface area (Å²) >= 11 is 0. The second-order valence-electron chi connectivity index (χ2n) is 6.24. The first kappa shape index (κ1) is 19.0. The molecule has 0 spiro atoms. The first-order chi connectivity index (χ1) is 13.5. The third-order valence-corrected chi connectivity index (χ3v) is 4.29. The number of ether oxygens (including phenoxy) is 1. The Labute approximate surface area is 161 Å². The van der Waals surface area contributed by atoms with E-state index in [1.165, 1.54) is 18.2 Å². The van der Waals surface area contributed by atoms with Crippen molar-refractivity contribution in [3.05, 3.63) is 88.0 Å². The number of nitro groups is 1. The highest BCUT2D eigenvalue weighted by Gasteiger charge is 2.16. The van der Waals surface area contributed by atoms with Crippen molar-refractivity contribution in [1.82, 2.24) is 5.32 Å². The zero-order valence-corrected chi connectivity index (χ0v) is 15.1. The number of hydrogen-bond donors (Lipinski definition) is 1. The van der Waals surface area contributed by atoms with Crippen molar-refractivity contribution in [2.24, 2.45) is 0 Å². The van der Waals surface area contributed by atoms with Gasteiger partial charge in [0, 0.05) is 12.1 Å². The predicted octanol–water partition coefficient (Wildman–Crippen LogP) is 3.78. The normalized spacial score (nSPS) is 11.6. The van der Waals surface area contributed by atoms with Crippen molar-refractivity contribution in [3.63, 3.8) is 0 Å². The summed E-state index contributed by atoms with van der Waals surface area (Å²) in [5, 5.41) is 15.7. The van der Waals surface area contributed by atoms with E-state index >= 15 is 0 Å². The molecule has 1 N–H and O–H groups in total. The van der Waals surface area contributed by atoms with Gasteiger partial charge < -0.3 is 10.1 Å². The number of non-ortho nitro benzene ring substituents is 1. The minimum Gasteiger partial charge on any atom is -0.452 e. The number of nitro benzene ring substituents is 1. The SMILES string of the molecule is CC(NC(=O)COC(=O)c1cccc([N+](=O)[O-])c1)c1cccc2ccccc12. The van der Waals surface area contributed by atoms with Crippen LogP contribution in [-0.2, 0) is 9.53 Å². The Morgan fingerprint density at radius 2 is 1.79 bits per heavy atom. The summed E-state index contributed by atoms with van der Waals surface area (Å²) in [5.74, 6) is -1.25. The first-order valence-corrected chi connectivity index (χ1v) is 8.64. The predicted molar refractivity (Wildman–Crippen MR) is 104 cm³/mol. The second kappa shape index (κ2) is 8.30. The number of esters is 1. The Hall–Kier alpha value is -3.74. The Bertz CT molecular complexity index is 1040. The number of benzene rings is 3. The fraction of sp³-hybridized carbons (Fsp3) is 0.143. The van der Waals surface area contributed by atoms with Gasteiger partial charge in [-0.3, -0.25) is 14.9 Å². The number of amides is 1. The molecule has 28 heavy (non-hydrogen) atoms. The molecular formula is C21H18N2O5. The van der Waals surface area contributed by atoms with Gasteiger partial charge in [0.25, 0.3) is 11.6 Å². The van der Waals surface area contributed by atoms with Crippen molar-refractivity contribution in [1.29, 1.82) is 0 Å². The second-order valence-corrected chi connectivity index (χ2v) is 6.24. The van der Waals surface area contributed by atoms with Gasteiger partial charge in [-0.15, -0.1) is 0 Å². The third-order valence-electron chi connectivity index (χ3n) is 4.29. The molecule has 0 fully saturated rings. The minimum absolute atomic E-state index is 0.0177. The van der Waals surface area contributed by atoms with Gasteiger partial charge in [-0.05, 0) is 29.3 Å². The van der Waals surface area contributed by atoms with Crippen LogP contribution in [0.3, 0.4) is 0 Å². The number of carbonyl (C=O) groups excluding carboxylic acids is 2. The Kier molecular flexibility index (Phi) is 5.64. The van der Waals surface area contributed by atoms with E-state index in [9.17, 15) is 19.7 Å². The molecule has 0 heterocycles. The first-order valence-electron chi connectivity index (χ1n) is 8.64. The lowest BCUT2D eigenvalue weighted by Crippen LogP contribution is -2.31. The van der Waals surface area contributed by atoms with Crippen LogP contribution >= 0.6 is 0 Å². The van der Waals surface area contributed by atoms with Gasteiger partial charge in [0.1, 0.15) is 0 Å². The van der Waals surface area contributed by atoms with Crippen LogP contribution in [0.5, 0.6) is 0 Å². The van der Waals surface area contributed by atoms with Crippen molar-refractivity contribution in [2.45, 2.75) is 13.0 Å². The number of carbonyl (C=O) groups is 2. The molecule has 0 saturated carbocycles. The monoisotopic (exact) mass is 378 g/mol. The molecule has 7 nitrogen and oxygen atoms in total. The average Bonchev–Trinajstić information content (AvgIpc) is 2.71. The van der Waals surface area contributed by atoms with Gasteiger partial charge >= 0.3 is 5.97 Å². The molecule has 7 heteroatoms. The molecule has 0 aliphatic heterocycles. The van der Waals surface area contributed by atoms with Crippen LogP contribution in [0, 0.1) is 10.1 Å². The van der Waals surface area contributed by atoms with Gasteiger partial charge in [-0.2, -0.15) is 0 Å². The van der Waals surface area contributed by atoms with Crippen molar-refractivity contribution in [3.8, 4) is 0 Å². The van der Waals surface area contributed by atoms with Crippen LogP contribution in [0.4, 0.5) is 5.69 Å². The molecular weight excluding hydrogens is 360 g/mol. The van der Waals surface area contributed by atoms with Crippen LogP contribution in [0.2, 0.25) is 0 Å². The van der Waals surface area contributed by atoms with Crippen LogP contribution in [0.1, 0.15) is 28.9 Å². The van der Waals surface area contributed by atoms with Crippen molar-refractivity contribution in [2.75, 3.05) is 6.61 Å². The van der Waals surface area contributed by atoms with E-state index in [2.05, 4.69) is 5.32 Å². The highest BCUT2D eigenvalue weighted by atomic mass is 16.6. The lowest BCUT2D eigenvalue weighted by molar-refractivity contribution is -0.384. The lowest BCUT2D eigenvalue weighted by atomic mass is 10.00. The topological polar surface area (TPSA) is 98.5 Å². The Balaban J connectivity index is 1.61. The van der Waals surface area contributed by atoms with Gasteiger partial charge in [0.2, 0.25) is 0 Å².